The van der Waals surface area contributed by atoms with Gasteiger partial charge in [-0.25, -0.2) is 8.42 Å². The fourth-order valence-corrected chi connectivity index (χ4v) is 3.17. The van der Waals surface area contributed by atoms with E-state index in [1.54, 1.807) is 0 Å². The number of carboxylic acids is 1. The molecule has 0 aromatic rings. The van der Waals surface area contributed by atoms with Gasteiger partial charge in [-0.05, 0) is 24.7 Å². The van der Waals surface area contributed by atoms with E-state index < -0.39 is 22.5 Å². The first-order chi connectivity index (χ1) is 8.08. The third-order valence-electron chi connectivity index (χ3n) is 2.51. The second-order valence-corrected chi connectivity index (χ2v) is 7.80. The van der Waals surface area contributed by atoms with Crippen molar-refractivity contribution in [3.63, 3.8) is 0 Å². The minimum Gasteiger partial charge on any atom is -0.480 e. The van der Waals surface area contributed by atoms with Crippen LogP contribution >= 0.6 is 0 Å². The van der Waals surface area contributed by atoms with E-state index in [-0.39, 0.29) is 17.7 Å². The van der Waals surface area contributed by atoms with E-state index in [2.05, 4.69) is 20.8 Å². The molecule has 0 amide bonds. The van der Waals surface area contributed by atoms with Crippen molar-refractivity contribution in [2.75, 3.05) is 18.8 Å². The van der Waals surface area contributed by atoms with E-state index in [4.69, 9.17) is 5.11 Å². The second kappa shape index (κ2) is 7.09. The van der Waals surface area contributed by atoms with Crippen molar-refractivity contribution >= 4 is 16.0 Å². The Bertz CT molecular complexity index is 357. The van der Waals surface area contributed by atoms with Crippen LogP contribution < -0.4 is 0 Å². The lowest BCUT2D eigenvalue weighted by molar-refractivity contribution is -0.137. The Hall–Kier alpha value is -0.620. The molecule has 1 N–H and O–H groups in total. The number of rotatable bonds is 8. The van der Waals surface area contributed by atoms with Crippen LogP contribution in [0.25, 0.3) is 0 Å². The van der Waals surface area contributed by atoms with Gasteiger partial charge in [-0.3, -0.25) is 4.79 Å². The molecule has 0 bridgehead atoms. The number of aliphatic carboxylic acids is 1. The normalized spacial score (nSPS) is 12.9. The van der Waals surface area contributed by atoms with E-state index in [1.807, 2.05) is 6.92 Å². The molecule has 0 heterocycles. The van der Waals surface area contributed by atoms with Gasteiger partial charge < -0.3 is 5.11 Å². The summed E-state index contributed by atoms with van der Waals surface area (Å²) in [4.78, 5) is 10.7. The molecule has 0 aromatic heterocycles. The zero-order chi connectivity index (χ0) is 14.4. The Kier molecular flexibility index (Phi) is 6.84. The van der Waals surface area contributed by atoms with Crippen molar-refractivity contribution in [2.45, 2.75) is 47.0 Å². The lowest BCUT2D eigenvalue weighted by atomic mass is 9.91. The Morgan fingerprint density at radius 2 is 1.83 bits per heavy atom. The van der Waals surface area contributed by atoms with Crippen LogP contribution in [-0.2, 0) is 14.8 Å². The molecule has 0 unspecified atom stereocenters. The molecule has 0 radical (unpaired) electrons. The number of sulfonamides is 1. The van der Waals surface area contributed by atoms with Crippen molar-refractivity contribution in [1.29, 1.82) is 0 Å². The van der Waals surface area contributed by atoms with Crippen molar-refractivity contribution in [1.82, 2.24) is 4.31 Å². The number of hydrogen-bond acceptors (Lipinski definition) is 3. The van der Waals surface area contributed by atoms with E-state index >= 15 is 0 Å². The number of hydrogen-bond donors (Lipinski definition) is 1. The smallest absolute Gasteiger partial charge is 0.318 e. The Morgan fingerprint density at radius 1 is 1.28 bits per heavy atom. The maximum Gasteiger partial charge on any atom is 0.318 e. The molecular formula is C12H25NO4S. The predicted octanol–water partition coefficient (Wildman–Crippen LogP) is 1.94. The largest absolute Gasteiger partial charge is 0.480 e. The van der Waals surface area contributed by atoms with Gasteiger partial charge >= 0.3 is 5.97 Å². The summed E-state index contributed by atoms with van der Waals surface area (Å²) in [5.41, 5.74) is 0.0951. The summed E-state index contributed by atoms with van der Waals surface area (Å²) in [5.74, 6) is -1.08. The number of nitrogens with zero attached hydrogens (tertiary/aromatic N) is 1. The topological polar surface area (TPSA) is 74.7 Å². The third kappa shape index (κ3) is 7.66. The fraction of sp³-hybridized carbons (Fsp3) is 0.917. The van der Waals surface area contributed by atoms with Gasteiger partial charge in [0, 0.05) is 6.54 Å². The SMILES string of the molecule is CCCN(CC(=O)O)S(=O)(=O)CCCC(C)(C)C. The van der Waals surface area contributed by atoms with Crippen LogP contribution in [-0.4, -0.2) is 42.6 Å². The Labute approximate surface area is 110 Å². The molecule has 0 fully saturated rings. The van der Waals surface area contributed by atoms with Crippen LogP contribution in [0.15, 0.2) is 0 Å². The van der Waals surface area contributed by atoms with E-state index in [0.717, 1.165) is 10.7 Å². The molecule has 5 nitrogen and oxygen atoms in total. The molecule has 0 rings (SSSR count). The van der Waals surface area contributed by atoms with Gasteiger partial charge in [0.25, 0.3) is 0 Å². The quantitative estimate of drug-likeness (QED) is 0.737. The summed E-state index contributed by atoms with van der Waals surface area (Å²) in [6.07, 6.45) is 1.98. The van der Waals surface area contributed by atoms with Crippen LogP contribution in [0.5, 0.6) is 0 Å². The third-order valence-corrected chi connectivity index (χ3v) is 4.41. The molecule has 0 spiro atoms. The van der Waals surface area contributed by atoms with Gasteiger partial charge in [-0.2, -0.15) is 4.31 Å². The summed E-state index contributed by atoms with van der Waals surface area (Å²) in [6.45, 7) is 7.83. The van der Waals surface area contributed by atoms with Crippen molar-refractivity contribution in [3.05, 3.63) is 0 Å². The first-order valence-electron chi connectivity index (χ1n) is 6.28. The van der Waals surface area contributed by atoms with Gasteiger partial charge in [0.15, 0.2) is 0 Å². The standard InChI is InChI=1S/C12H25NO4S/c1-5-8-13(10-11(14)15)18(16,17)9-6-7-12(2,3)4/h5-10H2,1-4H3,(H,14,15). The lowest BCUT2D eigenvalue weighted by Crippen LogP contribution is -2.37. The number of carbonyl (C=O) groups is 1. The monoisotopic (exact) mass is 279 g/mol. The van der Waals surface area contributed by atoms with Gasteiger partial charge in [0.05, 0.1) is 5.75 Å². The van der Waals surface area contributed by atoms with Crippen molar-refractivity contribution in [2.24, 2.45) is 5.41 Å². The molecule has 0 saturated carbocycles. The van der Waals surface area contributed by atoms with Crippen molar-refractivity contribution in [3.8, 4) is 0 Å². The highest BCUT2D eigenvalue weighted by atomic mass is 32.2. The maximum atomic E-state index is 12.0. The molecule has 0 saturated heterocycles. The zero-order valence-corrected chi connectivity index (χ0v) is 12.6. The minimum atomic E-state index is -3.45. The van der Waals surface area contributed by atoms with Gasteiger partial charge in [-0.15, -0.1) is 0 Å². The maximum absolute atomic E-state index is 12.0. The molecule has 0 atom stereocenters. The van der Waals surface area contributed by atoms with E-state index in [0.29, 0.717) is 12.8 Å². The second-order valence-electron chi connectivity index (χ2n) is 5.71. The zero-order valence-electron chi connectivity index (χ0n) is 11.8. The molecular weight excluding hydrogens is 254 g/mol. The van der Waals surface area contributed by atoms with E-state index in [9.17, 15) is 13.2 Å². The predicted molar refractivity (Wildman–Crippen MR) is 72.0 cm³/mol. The van der Waals surface area contributed by atoms with Crippen LogP contribution in [0.3, 0.4) is 0 Å². The molecule has 18 heavy (non-hydrogen) atoms. The highest BCUT2D eigenvalue weighted by molar-refractivity contribution is 7.89. The first-order valence-corrected chi connectivity index (χ1v) is 7.89. The Morgan fingerprint density at radius 3 is 2.22 bits per heavy atom. The van der Waals surface area contributed by atoms with Crippen LogP contribution in [0.2, 0.25) is 0 Å². The average Bonchev–Trinajstić information content (AvgIpc) is 2.13. The van der Waals surface area contributed by atoms with E-state index in [1.165, 1.54) is 0 Å². The lowest BCUT2D eigenvalue weighted by Gasteiger charge is -2.21. The summed E-state index contributed by atoms with van der Waals surface area (Å²) in [7, 11) is -3.45. The Balaban J connectivity index is 4.50. The highest BCUT2D eigenvalue weighted by Crippen LogP contribution is 2.21. The number of carboxylic acid groups (broad SMARTS) is 1. The summed E-state index contributed by atoms with van der Waals surface area (Å²) in [6, 6.07) is 0. The molecule has 6 heteroatoms. The summed E-state index contributed by atoms with van der Waals surface area (Å²) < 4.78 is 25.1. The van der Waals surface area contributed by atoms with Crippen LogP contribution in [0, 0.1) is 5.41 Å². The fourth-order valence-electron chi connectivity index (χ4n) is 1.63. The van der Waals surface area contributed by atoms with Crippen LogP contribution in [0.4, 0.5) is 0 Å². The first kappa shape index (κ1) is 17.4. The molecule has 0 aliphatic rings. The molecule has 0 aliphatic heterocycles. The van der Waals surface area contributed by atoms with Crippen LogP contribution in [0.1, 0.15) is 47.0 Å². The minimum absolute atomic E-state index is 0.0253. The molecule has 108 valence electrons. The van der Waals surface area contributed by atoms with Crippen molar-refractivity contribution < 1.29 is 18.3 Å². The van der Waals surface area contributed by atoms with Gasteiger partial charge in [-0.1, -0.05) is 27.7 Å². The summed E-state index contributed by atoms with van der Waals surface area (Å²) >= 11 is 0. The summed E-state index contributed by atoms with van der Waals surface area (Å²) in [5, 5.41) is 8.72. The molecule has 0 aliphatic carbocycles. The van der Waals surface area contributed by atoms with Gasteiger partial charge in [0.2, 0.25) is 10.0 Å². The average molecular weight is 279 g/mol. The molecule has 0 aromatic carbocycles. The highest BCUT2D eigenvalue weighted by Gasteiger charge is 2.24. The van der Waals surface area contributed by atoms with Gasteiger partial charge in [0.1, 0.15) is 6.54 Å².